The number of halogens is 1. The molecule has 1 N–H and O–H groups in total. The van der Waals surface area contributed by atoms with Crippen LogP contribution in [0.15, 0.2) is 24.3 Å². The Hall–Kier alpha value is -2.60. The molecule has 0 radical (unpaired) electrons. The molecule has 5 nitrogen and oxygen atoms in total. The van der Waals surface area contributed by atoms with E-state index in [1.165, 1.54) is 12.1 Å². The normalized spacial score (nSPS) is 16.4. The third kappa shape index (κ3) is 3.97. The van der Waals surface area contributed by atoms with Crippen molar-refractivity contribution in [2.45, 2.75) is 45.8 Å². The molecular formula is C22H25FO5. The van der Waals surface area contributed by atoms with Crippen LogP contribution in [0.2, 0.25) is 0 Å². The molecule has 3 rings (SSSR count). The topological polar surface area (TPSA) is 65.0 Å². The van der Waals surface area contributed by atoms with Gasteiger partial charge in [-0.15, -0.1) is 0 Å². The van der Waals surface area contributed by atoms with Crippen LogP contribution in [0.4, 0.5) is 4.39 Å². The summed E-state index contributed by atoms with van der Waals surface area (Å²) < 4.78 is 31.0. The Morgan fingerprint density at radius 1 is 1.32 bits per heavy atom. The number of methoxy groups -OCH3 is 1. The zero-order valence-electron chi connectivity index (χ0n) is 16.5. The Labute approximate surface area is 164 Å². The van der Waals surface area contributed by atoms with E-state index in [2.05, 4.69) is 0 Å². The van der Waals surface area contributed by atoms with Gasteiger partial charge in [0.1, 0.15) is 30.0 Å². The summed E-state index contributed by atoms with van der Waals surface area (Å²) in [5.74, 6) is -0.477. The van der Waals surface area contributed by atoms with Crippen LogP contribution in [0.3, 0.4) is 0 Å². The second kappa shape index (κ2) is 8.19. The van der Waals surface area contributed by atoms with Crippen LogP contribution in [-0.4, -0.2) is 30.9 Å². The molecule has 0 fully saturated rings. The molecule has 2 atom stereocenters. The number of ether oxygens (including phenoxy) is 3. The smallest absolute Gasteiger partial charge is 0.310 e. The van der Waals surface area contributed by atoms with Crippen LogP contribution in [0, 0.1) is 19.7 Å². The highest BCUT2D eigenvalue weighted by Crippen LogP contribution is 2.35. The van der Waals surface area contributed by atoms with Crippen LogP contribution in [0.5, 0.6) is 11.5 Å². The second-order valence-corrected chi connectivity index (χ2v) is 7.20. The van der Waals surface area contributed by atoms with Gasteiger partial charge >= 0.3 is 5.97 Å². The number of aliphatic carboxylic acids is 1. The molecular weight excluding hydrogens is 363 g/mol. The van der Waals surface area contributed by atoms with E-state index in [-0.39, 0.29) is 18.5 Å². The fourth-order valence-electron chi connectivity index (χ4n) is 3.59. The predicted molar refractivity (Wildman–Crippen MR) is 103 cm³/mol. The largest absolute Gasteiger partial charge is 0.488 e. The minimum Gasteiger partial charge on any atom is -0.488 e. The lowest BCUT2D eigenvalue weighted by Gasteiger charge is -2.17. The van der Waals surface area contributed by atoms with Crippen molar-refractivity contribution in [3.8, 4) is 11.5 Å². The Bertz CT molecular complexity index is 893. The first kappa shape index (κ1) is 20.1. The van der Waals surface area contributed by atoms with Gasteiger partial charge in [-0.1, -0.05) is 6.07 Å². The number of rotatable bonds is 7. The molecule has 1 aliphatic rings. The van der Waals surface area contributed by atoms with Gasteiger partial charge in [-0.05, 0) is 55.7 Å². The first-order chi connectivity index (χ1) is 13.3. The molecule has 0 aliphatic carbocycles. The van der Waals surface area contributed by atoms with E-state index in [0.717, 1.165) is 22.3 Å². The number of carboxylic acids is 1. The predicted octanol–water partition coefficient (Wildman–Crippen LogP) is 4.16. The summed E-state index contributed by atoms with van der Waals surface area (Å²) in [7, 11) is 1.61. The third-order valence-electron chi connectivity index (χ3n) is 5.29. The van der Waals surface area contributed by atoms with Gasteiger partial charge in [0.25, 0.3) is 0 Å². The monoisotopic (exact) mass is 388 g/mol. The minimum atomic E-state index is -0.866. The highest BCUT2D eigenvalue weighted by Gasteiger charge is 2.27. The summed E-state index contributed by atoms with van der Waals surface area (Å²) in [6.07, 6.45) is 0.481. The summed E-state index contributed by atoms with van der Waals surface area (Å²) in [4.78, 5) is 11.3. The number of carbonyl (C=O) groups is 1. The van der Waals surface area contributed by atoms with Crippen LogP contribution >= 0.6 is 0 Å². The molecule has 0 aromatic heterocycles. The highest BCUT2D eigenvalue weighted by atomic mass is 19.1. The molecule has 0 amide bonds. The number of benzene rings is 2. The van der Waals surface area contributed by atoms with Gasteiger partial charge in [0, 0.05) is 24.7 Å². The van der Waals surface area contributed by atoms with Crippen molar-refractivity contribution in [2.24, 2.45) is 0 Å². The van der Waals surface area contributed by atoms with E-state index in [0.29, 0.717) is 30.1 Å². The van der Waals surface area contributed by atoms with Crippen molar-refractivity contribution in [2.75, 3.05) is 13.7 Å². The molecule has 150 valence electrons. The summed E-state index contributed by atoms with van der Waals surface area (Å²) >= 11 is 0. The molecule has 2 aromatic rings. The molecule has 0 spiro atoms. The summed E-state index contributed by atoms with van der Waals surface area (Å²) in [5.41, 5.74) is 3.98. The molecule has 2 unspecified atom stereocenters. The van der Waals surface area contributed by atoms with E-state index in [4.69, 9.17) is 14.2 Å². The lowest BCUT2D eigenvalue weighted by molar-refractivity contribution is -0.138. The fraction of sp³-hybridized carbons (Fsp3) is 0.409. The third-order valence-corrected chi connectivity index (χ3v) is 5.29. The van der Waals surface area contributed by atoms with Gasteiger partial charge in [-0.25, -0.2) is 4.39 Å². The first-order valence-corrected chi connectivity index (χ1v) is 9.24. The van der Waals surface area contributed by atoms with Gasteiger partial charge < -0.3 is 19.3 Å². The molecule has 1 aliphatic heterocycles. The number of hydrogen-bond donors (Lipinski definition) is 1. The van der Waals surface area contributed by atoms with Crippen LogP contribution in [-0.2, 0) is 22.6 Å². The molecule has 0 saturated heterocycles. The van der Waals surface area contributed by atoms with Crippen LogP contribution in [0.1, 0.15) is 40.7 Å². The lowest BCUT2D eigenvalue weighted by atomic mass is 9.93. The van der Waals surface area contributed by atoms with Gasteiger partial charge in [0.05, 0.1) is 12.5 Å². The molecule has 6 heteroatoms. The number of carboxylic acid groups (broad SMARTS) is 1. The van der Waals surface area contributed by atoms with Crippen LogP contribution < -0.4 is 9.47 Å². The average molecular weight is 388 g/mol. The van der Waals surface area contributed by atoms with Crippen molar-refractivity contribution >= 4 is 5.97 Å². The van der Waals surface area contributed by atoms with Crippen molar-refractivity contribution in [3.63, 3.8) is 0 Å². The summed E-state index contributed by atoms with van der Waals surface area (Å²) in [5, 5.41) is 9.26. The lowest BCUT2D eigenvalue weighted by Crippen LogP contribution is -2.19. The second-order valence-electron chi connectivity index (χ2n) is 7.20. The van der Waals surface area contributed by atoms with Crippen molar-refractivity contribution in [3.05, 3.63) is 57.9 Å². The van der Waals surface area contributed by atoms with Gasteiger partial charge in [0.15, 0.2) is 0 Å². The SMILES string of the molecule is COCC1Cc2cc(F)cc(COc3ccc(C(C)C(=O)O)c(C)c3C)c2O1. The molecule has 2 aromatic carbocycles. The van der Waals surface area contributed by atoms with Crippen LogP contribution in [0.25, 0.3) is 0 Å². The Balaban J connectivity index is 1.81. The quantitative estimate of drug-likeness (QED) is 0.772. The maximum atomic E-state index is 14.0. The Morgan fingerprint density at radius 3 is 2.75 bits per heavy atom. The maximum Gasteiger partial charge on any atom is 0.310 e. The van der Waals surface area contributed by atoms with Crippen molar-refractivity contribution < 1.29 is 28.5 Å². The van der Waals surface area contributed by atoms with E-state index in [1.807, 2.05) is 13.8 Å². The van der Waals surface area contributed by atoms with E-state index >= 15 is 0 Å². The molecule has 1 heterocycles. The molecule has 28 heavy (non-hydrogen) atoms. The average Bonchev–Trinajstić information content (AvgIpc) is 3.04. The zero-order chi connectivity index (χ0) is 20.4. The highest BCUT2D eigenvalue weighted by molar-refractivity contribution is 5.76. The fourth-order valence-corrected chi connectivity index (χ4v) is 3.59. The maximum absolute atomic E-state index is 14.0. The van der Waals surface area contributed by atoms with Crippen molar-refractivity contribution in [1.82, 2.24) is 0 Å². The standard InChI is InChI=1S/C22H25FO5/c1-12-13(2)20(6-5-19(12)14(3)22(24)25)27-10-16-8-17(23)7-15-9-18(11-26-4)28-21(15)16/h5-8,14,18H,9-11H2,1-4H3,(H,24,25). The Morgan fingerprint density at radius 2 is 2.07 bits per heavy atom. The molecule has 0 bridgehead atoms. The van der Waals surface area contributed by atoms with E-state index in [1.54, 1.807) is 26.2 Å². The molecule has 0 saturated carbocycles. The summed E-state index contributed by atoms with van der Waals surface area (Å²) in [6, 6.07) is 6.46. The zero-order valence-corrected chi connectivity index (χ0v) is 16.5. The summed E-state index contributed by atoms with van der Waals surface area (Å²) in [6.45, 7) is 6.04. The Kier molecular flexibility index (Phi) is 5.89. The van der Waals surface area contributed by atoms with Crippen molar-refractivity contribution in [1.29, 1.82) is 0 Å². The minimum absolute atomic E-state index is 0.124. The number of fused-ring (bicyclic) bond motifs is 1. The van der Waals surface area contributed by atoms with E-state index < -0.39 is 11.9 Å². The van der Waals surface area contributed by atoms with Gasteiger partial charge in [-0.2, -0.15) is 0 Å². The van der Waals surface area contributed by atoms with Gasteiger partial charge in [-0.3, -0.25) is 4.79 Å². The number of hydrogen-bond acceptors (Lipinski definition) is 4. The van der Waals surface area contributed by atoms with E-state index in [9.17, 15) is 14.3 Å². The first-order valence-electron chi connectivity index (χ1n) is 9.24. The van der Waals surface area contributed by atoms with Gasteiger partial charge in [0.2, 0.25) is 0 Å².